The van der Waals surface area contributed by atoms with Crippen molar-refractivity contribution < 1.29 is 9.47 Å². The molecular weight excluding hydrogens is 376 g/mol. The zero-order valence-corrected chi connectivity index (χ0v) is 16.2. The highest BCUT2D eigenvalue weighted by Crippen LogP contribution is 2.32. The SMILES string of the molecule is Cc1ccc(-c2cc(NC[C@H](N)c3ccc4c(c3)OCCO4)ncn2)cc1Cl. The van der Waals surface area contributed by atoms with E-state index in [0.717, 1.165) is 33.9 Å². The number of benzene rings is 2. The lowest BCUT2D eigenvalue weighted by molar-refractivity contribution is 0.171. The molecule has 6 nitrogen and oxygen atoms in total. The third kappa shape index (κ3) is 4.03. The molecule has 0 bridgehead atoms. The maximum absolute atomic E-state index is 6.34. The molecule has 144 valence electrons. The fraction of sp³-hybridized carbons (Fsp3) is 0.238. The number of ether oxygens (including phenoxy) is 2. The molecule has 3 aromatic rings. The van der Waals surface area contributed by atoms with E-state index in [1.807, 2.05) is 49.4 Å². The molecule has 0 spiro atoms. The Bertz CT molecular complexity index is 996. The molecule has 1 atom stereocenters. The maximum atomic E-state index is 6.34. The van der Waals surface area contributed by atoms with Gasteiger partial charge in [-0.2, -0.15) is 0 Å². The first kappa shape index (κ1) is 18.5. The average Bonchev–Trinajstić information content (AvgIpc) is 2.74. The molecule has 2 heterocycles. The fourth-order valence-electron chi connectivity index (χ4n) is 2.99. The van der Waals surface area contributed by atoms with Gasteiger partial charge < -0.3 is 20.5 Å². The summed E-state index contributed by atoms with van der Waals surface area (Å²) in [5, 5.41) is 3.99. The van der Waals surface area contributed by atoms with Crippen molar-refractivity contribution in [2.75, 3.05) is 25.1 Å². The Morgan fingerprint density at radius 2 is 1.89 bits per heavy atom. The van der Waals surface area contributed by atoms with Gasteiger partial charge in [-0.3, -0.25) is 0 Å². The molecule has 2 aromatic carbocycles. The molecule has 0 unspecified atom stereocenters. The molecule has 0 amide bonds. The largest absolute Gasteiger partial charge is 0.486 e. The van der Waals surface area contributed by atoms with E-state index in [2.05, 4.69) is 15.3 Å². The summed E-state index contributed by atoms with van der Waals surface area (Å²) in [7, 11) is 0. The smallest absolute Gasteiger partial charge is 0.161 e. The van der Waals surface area contributed by atoms with E-state index in [4.69, 9.17) is 26.8 Å². The number of fused-ring (bicyclic) bond motifs is 1. The van der Waals surface area contributed by atoms with E-state index >= 15 is 0 Å². The molecule has 1 aromatic heterocycles. The number of nitrogens with zero attached hydrogens (tertiary/aromatic N) is 2. The summed E-state index contributed by atoms with van der Waals surface area (Å²) in [5.74, 6) is 2.20. The number of anilines is 1. The standard InChI is InChI=1S/C21H21ClN4O2/c1-13-2-3-15(8-16(13)22)18-10-21(26-12-25-18)24-11-17(23)14-4-5-19-20(9-14)28-7-6-27-19/h2-5,8-10,12,17H,6-7,11,23H2,1H3,(H,24,25,26)/t17-/m0/s1. The number of aromatic nitrogens is 2. The maximum Gasteiger partial charge on any atom is 0.161 e. The number of hydrogen-bond acceptors (Lipinski definition) is 6. The highest BCUT2D eigenvalue weighted by molar-refractivity contribution is 6.31. The van der Waals surface area contributed by atoms with Crippen molar-refractivity contribution >= 4 is 17.4 Å². The predicted molar refractivity (Wildman–Crippen MR) is 110 cm³/mol. The fourth-order valence-corrected chi connectivity index (χ4v) is 3.17. The second kappa shape index (κ2) is 8.04. The van der Waals surface area contributed by atoms with Crippen LogP contribution in [-0.4, -0.2) is 29.7 Å². The van der Waals surface area contributed by atoms with Crippen molar-refractivity contribution in [2.24, 2.45) is 5.73 Å². The molecule has 0 radical (unpaired) electrons. The zero-order valence-electron chi connectivity index (χ0n) is 15.5. The van der Waals surface area contributed by atoms with Gasteiger partial charge in [0.15, 0.2) is 11.5 Å². The van der Waals surface area contributed by atoms with Crippen LogP contribution in [0.4, 0.5) is 5.82 Å². The summed E-state index contributed by atoms with van der Waals surface area (Å²) in [6.45, 7) is 3.61. The molecule has 0 saturated carbocycles. The molecule has 1 aliphatic rings. The number of aryl methyl sites for hydroxylation is 1. The van der Waals surface area contributed by atoms with Gasteiger partial charge in [-0.05, 0) is 36.2 Å². The molecule has 0 saturated heterocycles. The Labute approximate surface area is 168 Å². The number of rotatable bonds is 5. The summed E-state index contributed by atoms with van der Waals surface area (Å²) in [6.07, 6.45) is 1.53. The van der Waals surface area contributed by atoms with Gasteiger partial charge in [-0.1, -0.05) is 29.8 Å². The van der Waals surface area contributed by atoms with Crippen LogP contribution in [-0.2, 0) is 0 Å². The summed E-state index contributed by atoms with van der Waals surface area (Å²) in [5.41, 5.74) is 10.1. The average molecular weight is 397 g/mol. The van der Waals surface area contributed by atoms with Gasteiger partial charge in [-0.25, -0.2) is 9.97 Å². The van der Waals surface area contributed by atoms with E-state index in [0.29, 0.717) is 30.6 Å². The molecule has 4 rings (SSSR count). The molecule has 3 N–H and O–H groups in total. The van der Waals surface area contributed by atoms with Crippen molar-refractivity contribution in [1.29, 1.82) is 0 Å². The van der Waals surface area contributed by atoms with Crippen molar-refractivity contribution in [2.45, 2.75) is 13.0 Å². The lowest BCUT2D eigenvalue weighted by Crippen LogP contribution is -2.22. The highest BCUT2D eigenvalue weighted by atomic mass is 35.5. The lowest BCUT2D eigenvalue weighted by Gasteiger charge is -2.20. The Hall–Kier alpha value is -2.83. The quantitative estimate of drug-likeness (QED) is 0.678. The minimum absolute atomic E-state index is 0.219. The molecule has 0 fully saturated rings. The van der Waals surface area contributed by atoms with Gasteiger partial charge in [0.1, 0.15) is 25.4 Å². The van der Waals surface area contributed by atoms with Gasteiger partial charge in [-0.15, -0.1) is 0 Å². The minimum Gasteiger partial charge on any atom is -0.486 e. The Morgan fingerprint density at radius 1 is 1.07 bits per heavy atom. The normalized spacial score (nSPS) is 13.8. The summed E-state index contributed by atoms with van der Waals surface area (Å²) in [4.78, 5) is 8.63. The second-order valence-corrected chi connectivity index (χ2v) is 7.05. The lowest BCUT2D eigenvalue weighted by atomic mass is 10.1. The Balaban J connectivity index is 1.45. The third-order valence-corrected chi connectivity index (χ3v) is 5.04. The van der Waals surface area contributed by atoms with Crippen LogP contribution < -0.4 is 20.5 Å². The first-order valence-corrected chi connectivity index (χ1v) is 9.45. The predicted octanol–water partition coefficient (Wildman–Crippen LogP) is 3.99. The van der Waals surface area contributed by atoms with E-state index in [1.165, 1.54) is 6.33 Å². The van der Waals surface area contributed by atoms with E-state index in [1.54, 1.807) is 0 Å². The van der Waals surface area contributed by atoms with Crippen molar-refractivity contribution in [3.8, 4) is 22.8 Å². The van der Waals surface area contributed by atoms with E-state index in [9.17, 15) is 0 Å². The summed E-state index contributed by atoms with van der Waals surface area (Å²) >= 11 is 6.23. The van der Waals surface area contributed by atoms with Gasteiger partial charge in [0, 0.05) is 29.2 Å². The van der Waals surface area contributed by atoms with Crippen molar-refractivity contribution in [3.05, 3.63) is 64.9 Å². The molecule has 7 heteroatoms. The number of hydrogen-bond donors (Lipinski definition) is 2. The van der Waals surface area contributed by atoms with Gasteiger partial charge in [0.25, 0.3) is 0 Å². The third-order valence-electron chi connectivity index (χ3n) is 4.63. The van der Waals surface area contributed by atoms with Crippen LogP contribution in [0.3, 0.4) is 0 Å². The molecular formula is C21H21ClN4O2. The highest BCUT2D eigenvalue weighted by Gasteiger charge is 2.15. The van der Waals surface area contributed by atoms with Crippen molar-refractivity contribution in [1.82, 2.24) is 9.97 Å². The van der Waals surface area contributed by atoms with Crippen LogP contribution in [0.1, 0.15) is 17.2 Å². The first-order chi connectivity index (χ1) is 13.6. The van der Waals surface area contributed by atoms with Crippen LogP contribution in [0.2, 0.25) is 5.02 Å². The number of nitrogens with one attached hydrogen (secondary N) is 1. The van der Waals surface area contributed by atoms with E-state index < -0.39 is 0 Å². The minimum atomic E-state index is -0.219. The summed E-state index contributed by atoms with van der Waals surface area (Å²) < 4.78 is 11.2. The Morgan fingerprint density at radius 3 is 2.71 bits per heavy atom. The van der Waals surface area contributed by atoms with Gasteiger partial charge >= 0.3 is 0 Å². The number of nitrogens with two attached hydrogens (primary N) is 1. The molecule has 28 heavy (non-hydrogen) atoms. The molecule has 1 aliphatic heterocycles. The van der Waals surface area contributed by atoms with Crippen LogP contribution in [0.5, 0.6) is 11.5 Å². The van der Waals surface area contributed by atoms with Crippen molar-refractivity contribution in [3.63, 3.8) is 0 Å². The second-order valence-electron chi connectivity index (χ2n) is 6.64. The topological polar surface area (TPSA) is 82.3 Å². The molecule has 0 aliphatic carbocycles. The Kier molecular flexibility index (Phi) is 5.32. The van der Waals surface area contributed by atoms with Crippen LogP contribution >= 0.6 is 11.6 Å². The zero-order chi connectivity index (χ0) is 19.5. The van der Waals surface area contributed by atoms with Gasteiger partial charge in [0.05, 0.1) is 5.69 Å². The van der Waals surface area contributed by atoms with Crippen LogP contribution in [0.25, 0.3) is 11.3 Å². The monoisotopic (exact) mass is 396 g/mol. The number of halogens is 1. The van der Waals surface area contributed by atoms with Gasteiger partial charge in [0.2, 0.25) is 0 Å². The first-order valence-electron chi connectivity index (χ1n) is 9.08. The van der Waals surface area contributed by atoms with Crippen LogP contribution in [0.15, 0.2) is 48.8 Å². The van der Waals surface area contributed by atoms with E-state index in [-0.39, 0.29) is 6.04 Å². The van der Waals surface area contributed by atoms with Crippen LogP contribution in [0, 0.1) is 6.92 Å². The summed E-state index contributed by atoms with van der Waals surface area (Å²) in [6, 6.07) is 13.3.